The topological polar surface area (TPSA) is 180 Å². The molecule has 13 nitrogen and oxygen atoms in total. The highest BCUT2D eigenvalue weighted by Crippen LogP contribution is 2.59. The fourth-order valence-corrected chi connectivity index (χ4v) is 15.1. The monoisotopic (exact) mass is 876 g/mol. The molecule has 2 aliphatic carbocycles. The Balaban J connectivity index is 0.975. The average molecular weight is 877 g/mol. The Morgan fingerprint density at radius 1 is 0.639 bits per heavy atom. The van der Waals surface area contributed by atoms with Crippen molar-refractivity contribution in [3.05, 3.63) is 30.3 Å². The number of ether oxygens (including phenoxy) is 7. The van der Waals surface area contributed by atoms with Gasteiger partial charge in [0.1, 0.15) is 11.2 Å². The lowest BCUT2D eigenvalue weighted by molar-refractivity contribution is -0.465. The zero-order chi connectivity index (χ0) is 43.3. The summed E-state index contributed by atoms with van der Waals surface area (Å²) in [4.78, 5) is 0.276. The SMILES string of the molecule is C[C@H]1[C@@H](CC2COC3(CCCS(=O)(=O)c4ccccc4)OCC(C[C@H]4O[C@@H]5O[C@@](C)(O)CC[C@H]6[C@H](C)CC[C@@H]([C@H]4C)[C@@]56O)C2O3)O[C@@H]2O[C@@](C)(O)CC[C@H]3[C@H](C)CC[C@@H]1[C@@]23O. The molecule has 0 spiro atoms. The van der Waals surface area contributed by atoms with Crippen molar-refractivity contribution in [2.45, 2.75) is 183 Å². The van der Waals surface area contributed by atoms with Gasteiger partial charge in [-0.15, -0.1) is 0 Å². The first-order valence-electron chi connectivity index (χ1n) is 23.5. The summed E-state index contributed by atoms with van der Waals surface area (Å²) < 4.78 is 72.9. The molecule has 2 bridgehead atoms. The van der Waals surface area contributed by atoms with Gasteiger partial charge in [0.25, 0.3) is 5.97 Å². The van der Waals surface area contributed by atoms with E-state index in [2.05, 4.69) is 27.7 Å². The predicted octanol–water partition coefficient (Wildman–Crippen LogP) is 5.90. The molecule has 8 fully saturated rings. The Morgan fingerprint density at radius 2 is 1.11 bits per heavy atom. The highest BCUT2D eigenvalue weighted by molar-refractivity contribution is 7.91. The molecular weight excluding hydrogens is 805 g/mol. The Morgan fingerprint density at radius 3 is 1.59 bits per heavy atom. The summed E-state index contributed by atoms with van der Waals surface area (Å²) >= 11 is 0. The van der Waals surface area contributed by atoms with Gasteiger partial charge in [0.05, 0.1) is 42.2 Å². The second-order valence-corrected chi connectivity index (χ2v) is 23.4. The Bertz CT molecular complexity index is 1740. The van der Waals surface area contributed by atoms with Crippen molar-refractivity contribution in [3.63, 3.8) is 0 Å². The molecule has 2 unspecified atom stereocenters. The lowest BCUT2D eigenvalue weighted by atomic mass is 9.57. The van der Waals surface area contributed by atoms with Gasteiger partial charge in [-0.1, -0.05) is 45.9 Å². The largest absolute Gasteiger partial charge is 0.384 e. The molecule has 6 aliphatic heterocycles. The van der Waals surface area contributed by atoms with E-state index in [-0.39, 0.29) is 114 Å². The summed E-state index contributed by atoms with van der Waals surface area (Å²) in [7, 11) is -3.54. The minimum atomic E-state index is -3.54. The molecule has 6 saturated heterocycles. The maximum atomic E-state index is 13.3. The van der Waals surface area contributed by atoms with Gasteiger partial charge in [0.15, 0.2) is 34.0 Å². The second kappa shape index (κ2) is 16.3. The van der Waals surface area contributed by atoms with E-state index in [1.807, 2.05) is 0 Å². The summed E-state index contributed by atoms with van der Waals surface area (Å²) in [6.07, 6.45) is 4.37. The van der Waals surface area contributed by atoms with E-state index in [4.69, 9.17) is 33.2 Å². The minimum absolute atomic E-state index is 0.0164. The van der Waals surface area contributed by atoms with Crippen LogP contribution in [-0.4, -0.2) is 107 Å². The van der Waals surface area contributed by atoms with Gasteiger partial charge in [0, 0.05) is 31.1 Å². The van der Waals surface area contributed by atoms with Gasteiger partial charge in [0.2, 0.25) is 0 Å². The number of hydrogen-bond donors (Lipinski definition) is 4. The summed E-state index contributed by atoms with van der Waals surface area (Å²) in [6, 6.07) is 8.45. The first-order chi connectivity index (χ1) is 28.8. The molecule has 9 rings (SSSR count). The van der Waals surface area contributed by atoms with Crippen LogP contribution in [0.5, 0.6) is 0 Å². The molecule has 0 aromatic heterocycles. The molecule has 8 aliphatic rings. The zero-order valence-corrected chi connectivity index (χ0v) is 37.8. The minimum Gasteiger partial charge on any atom is -0.384 e. The van der Waals surface area contributed by atoms with Gasteiger partial charge in [-0.2, -0.15) is 0 Å². The van der Waals surface area contributed by atoms with Crippen molar-refractivity contribution in [1.29, 1.82) is 0 Å². The Hall–Kier alpha value is -1.27. The van der Waals surface area contributed by atoms with Crippen molar-refractivity contribution in [1.82, 2.24) is 0 Å². The fraction of sp³-hybridized carbons (Fsp3) is 0.872. The molecule has 0 amide bonds. The molecule has 2 saturated carbocycles. The van der Waals surface area contributed by atoms with Gasteiger partial charge < -0.3 is 53.6 Å². The van der Waals surface area contributed by atoms with Gasteiger partial charge in [-0.3, -0.25) is 0 Å². The lowest BCUT2D eigenvalue weighted by Crippen LogP contribution is -2.68. The maximum Gasteiger partial charge on any atom is 0.283 e. The third-order valence-corrected chi connectivity index (χ3v) is 19.1. The average Bonchev–Trinajstić information content (AvgIpc) is 3.38. The number of rotatable bonds is 9. The smallest absolute Gasteiger partial charge is 0.283 e. The molecule has 1 aromatic carbocycles. The lowest BCUT2D eigenvalue weighted by Gasteiger charge is -2.59. The summed E-state index contributed by atoms with van der Waals surface area (Å²) in [6.45, 7) is 12.6. The van der Waals surface area contributed by atoms with Crippen LogP contribution in [0, 0.1) is 59.2 Å². The molecular formula is C47H72O13S. The van der Waals surface area contributed by atoms with E-state index in [1.54, 1.807) is 44.2 Å². The molecule has 0 radical (unpaired) electrons. The van der Waals surface area contributed by atoms with Gasteiger partial charge in [-0.25, -0.2) is 8.42 Å². The molecule has 18 atom stereocenters. The van der Waals surface area contributed by atoms with E-state index in [1.165, 1.54) is 0 Å². The highest BCUT2D eigenvalue weighted by atomic mass is 32.2. The van der Waals surface area contributed by atoms with Crippen LogP contribution >= 0.6 is 0 Å². The number of fused-ring (bicyclic) bond motifs is 2. The van der Waals surface area contributed by atoms with Crippen LogP contribution in [0.3, 0.4) is 0 Å². The third-order valence-electron chi connectivity index (χ3n) is 17.3. The first kappa shape index (κ1) is 44.9. The van der Waals surface area contributed by atoms with E-state index in [0.29, 0.717) is 38.5 Å². The molecule has 344 valence electrons. The van der Waals surface area contributed by atoms with Crippen LogP contribution in [0.2, 0.25) is 0 Å². The van der Waals surface area contributed by atoms with Gasteiger partial charge in [-0.05, 0) is 131 Å². The van der Waals surface area contributed by atoms with E-state index in [9.17, 15) is 28.8 Å². The standard InChI is InChI=1S/C47H72O13S/c1-27-13-15-36-29(3)38(56-41-46(36,50)34(27)17-20-43(5,48)59-41)23-31-25-54-45(19-10-22-61(52,53)33-11-8-7-9-12-33)55-26-32(40(31)58-45)24-39-30(4)37-16-14-28(2)35-18-21-44(6,49)60-42(57-39)47(35,37)51/h7-9,11-12,27-32,34-42,48-51H,10,13-26H2,1-6H3/t27-,28-,29-,30-,31?,32?,34+,35+,36+,37+,38-,39-,40?,41-,42-,43-,44-,45?,46-,47-/m1/s1. The molecule has 1 aromatic rings. The van der Waals surface area contributed by atoms with Crippen LogP contribution in [0.1, 0.15) is 119 Å². The van der Waals surface area contributed by atoms with Crippen LogP contribution in [0.15, 0.2) is 35.2 Å². The van der Waals surface area contributed by atoms with Crippen molar-refractivity contribution in [3.8, 4) is 0 Å². The maximum absolute atomic E-state index is 13.3. The zero-order valence-electron chi connectivity index (χ0n) is 37.0. The van der Waals surface area contributed by atoms with Crippen LogP contribution in [-0.2, 0) is 43.0 Å². The summed E-state index contributed by atoms with van der Waals surface area (Å²) in [5.74, 6) is -4.47. The van der Waals surface area contributed by atoms with Crippen molar-refractivity contribution < 1.29 is 62.0 Å². The number of hydrogen-bond acceptors (Lipinski definition) is 13. The second-order valence-electron chi connectivity index (χ2n) is 21.3. The van der Waals surface area contributed by atoms with E-state index in [0.717, 1.165) is 25.7 Å². The Kier molecular flexibility index (Phi) is 12.0. The van der Waals surface area contributed by atoms with Crippen LogP contribution < -0.4 is 0 Å². The van der Waals surface area contributed by atoms with Crippen molar-refractivity contribution in [2.24, 2.45) is 59.2 Å². The fourth-order valence-electron chi connectivity index (χ4n) is 13.8. The van der Waals surface area contributed by atoms with E-state index >= 15 is 0 Å². The molecule has 14 heteroatoms. The Labute approximate surface area is 362 Å². The first-order valence-corrected chi connectivity index (χ1v) is 25.2. The quantitative estimate of drug-likeness (QED) is 0.231. The van der Waals surface area contributed by atoms with Crippen LogP contribution in [0.25, 0.3) is 0 Å². The summed E-state index contributed by atoms with van der Waals surface area (Å²) in [5.41, 5.74) is -2.44. The number of aliphatic hydroxyl groups is 4. The molecule has 4 N–H and O–H groups in total. The van der Waals surface area contributed by atoms with Crippen molar-refractivity contribution in [2.75, 3.05) is 19.0 Å². The normalized spacial score (nSPS) is 52.3. The predicted molar refractivity (Wildman–Crippen MR) is 222 cm³/mol. The molecule has 6 heterocycles. The molecule has 61 heavy (non-hydrogen) atoms. The van der Waals surface area contributed by atoms with E-state index < -0.39 is 51.2 Å². The van der Waals surface area contributed by atoms with Crippen molar-refractivity contribution >= 4 is 9.84 Å². The number of sulfone groups is 1. The summed E-state index contributed by atoms with van der Waals surface area (Å²) in [5, 5.41) is 47.7. The highest BCUT2D eigenvalue weighted by Gasteiger charge is 2.66. The van der Waals surface area contributed by atoms with Gasteiger partial charge >= 0.3 is 0 Å². The third kappa shape index (κ3) is 8.00. The van der Waals surface area contributed by atoms with Crippen LogP contribution in [0.4, 0.5) is 0 Å². The number of benzene rings is 1.